The number of nitrogens with two attached hydrogens (primary N) is 1. The Bertz CT molecular complexity index is 602. The van der Waals surface area contributed by atoms with Crippen LogP contribution in [0.3, 0.4) is 0 Å². The van der Waals surface area contributed by atoms with Gasteiger partial charge < -0.3 is 5.73 Å². The monoisotopic (exact) mass is 259 g/mol. The molecule has 102 valence electrons. The maximum Gasteiger partial charge on any atom is 0.165 e. The Kier molecular flexibility index (Phi) is 3.30. The van der Waals surface area contributed by atoms with E-state index in [1.807, 2.05) is 32.5 Å². The summed E-state index contributed by atoms with van der Waals surface area (Å²) in [7, 11) is 1.92. The second-order valence-electron chi connectivity index (χ2n) is 5.26. The Hall–Kier alpha value is -1.91. The van der Waals surface area contributed by atoms with Crippen molar-refractivity contribution in [2.45, 2.75) is 40.5 Å². The predicted octanol–water partition coefficient (Wildman–Crippen LogP) is 2.51. The summed E-state index contributed by atoms with van der Waals surface area (Å²) in [6.45, 7) is 10.2. The van der Waals surface area contributed by atoms with Crippen LogP contribution in [0.25, 0.3) is 11.4 Å². The predicted molar refractivity (Wildman–Crippen MR) is 76.9 cm³/mol. The zero-order valence-corrected chi connectivity index (χ0v) is 12.4. The van der Waals surface area contributed by atoms with Crippen molar-refractivity contribution in [1.82, 2.24) is 19.7 Å². The van der Waals surface area contributed by atoms with Crippen molar-refractivity contribution in [2.24, 2.45) is 7.05 Å². The summed E-state index contributed by atoms with van der Waals surface area (Å²) in [5.41, 5.74) is 11.0. The van der Waals surface area contributed by atoms with Gasteiger partial charge in [0, 0.05) is 24.0 Å². The number of rotatable bonds is 2. The molecule has 0 spiro atoms. The van der Waals surface area contributed by atoms with Crippen molar-refractivity contribution >= 4 is 5.82 Å². The number of aryl methyl sites for hydroxylation is 3. The van der Waals surface area contributed by atoms with E-state index in [1.54, 1.807) is 0 Å². The lowest BCUT2D eigenvalue weighted by atomic mass is 10.0. The lowest BCUT2D eigenvalue weighted by molar-refractivity contribution is 0.731. The summed E-state index contributed by atoms with van der Waals surface area (Å²) < 4.78 is 1.84. The average molecular weight is 259 g/mol. The molecule has 5 heteroatoms. The molecular formula is C14H21N5. The highest BCUT2D eigenvalue weighted by Gasteiger charge is 2.18. The molecule has 2 aromatic rings. The van der Waals surface area contributed by atoms with Gasteiger partial charge in [0.2, 0.25) is 0 Å². The van der Waals surface area contributed by atoms with Crippen LogP contribution in [-0.2, 0) is 7.05 Å². The van der Waals surface area contributed by atoms with E-state index in [4.69, 9.17) is 5.73 Å². The van der Waals surface area contributed by atoms with Gasteiger partial charge in [-0.3, -0.25) is 4.68 Å². The molecule has 0 aliphatic carbocycles. The summed E-state index contributed by atoms with van der Waals surface area (Å²) in [4.78, 5) is 9.09. The number of hydrogen-bond acceptors (Lipinski definition) is 4. The van der Waals surface area contributed by atoms with E-state index in [0.717, 1.165) is 28.2 Å². The molecule has 5 nitrogen and oxygen atoms in total. The smallest absolute Gasteiger partial charge is 0.165 e. The van der Waals surface area contributed by atoms with E-state index in [2.05, 4.69) is 28.9 Å². The molecule has 0 unspecified atom stereocenters. The van der Waals surface area contributed by atoms with E-state index in [9.17, 15) is 0 Å². The maximum absolute atomic E-state index is 6.09. The Morgan fingerprint density at radius 2 is 1.68 bits per heavy atom. The van der Waals surface area contributed by atoms with E-state index in [-0.39, 0.29) is 0 Å². The third-order valence-corrected chi connectivity index (χ3v) is 3.48. The molecule has 0 aromatic carbocycles. The van der Waals surface area contributed by atoms with Crippen LogP contribution >= 0.6 is 0 Å². The minimum absolute atomic E-state index is 0.324. The highest BCUT2D eigenvalue weighted by molar-refractivity contribution is 5.64. The van der Waals surface area contributed by atoms with Crippen LogP contribution in [0.1, 0.15) is 42.4 Å². The van der Waals surface area contributed by atoms with Crippen molar-refractivity contribution in [3.8, 4) is 11.4 Å². The zero-order valence-electron chi connectivity index (χ0n) is 12.4. The fourth-order valence-electron chi connectivity index (χ4n) is 2.53. The zero-order chi connectivity index (χ0) is 14.3. The summed E-state index contributed by atoms with van der Waals surface area (Å²) in [6, 6.07) is 0. The quantitative estimate of drug-likeness (QED) is 0.899. The summed E-state index contributed by atoms with van der Waals surface area (Å²) in [5, 5.41) is 4.40. The first kappa shape index (κ1) is 13.5. The van der Waals surface area contributed by atoms with E-state index in [0.29, 0.717) is 17.6 Å². The summed E-state index contributed by atoms with van der Waals surface area (Å²) in [5.74, 6) is 1.56. The maximum atomic E-state index is 6.09. The van der Waals surface area contributed by atoms with Crippen molar-refractivity contribution in [2.75, 3.05) is 5.73 Å². The summed E-state index contributed by atoms with van der Waals surface area (Å²) in [6.07, 6.45) is 0. The molecule has 0 aliphatic heterocycles. The van der Waals surface area contributed by atoms with Gasteiger partial charge in [-0.1, -0.05) is 13.8 Å². The molecule has 2 aromatic heterocycles. The molecule has 0 amide bonds. The highest BCUT2D eigenvalue weighted by Crippen LogP contribution is 2.28. The van der Waals surface area contributed by atoms with Crippen LogP contribution in [0.15, 0.2) is 0 Å². The van der Waals surface area contributed by atoms with Crippen molar-refractivity contribution < 1.29 is 0 Å². The van der Waals surface area contributed by atoms with Gasteiger partial charge in [-0.25, -0.2) is 9.97 Å². The molecule has 0 atom stereocenters. The number of aromatic nitrogens is 4. The first-order chi connectivity index (χ1) is 8.82. The number of nitrogens with zero attached hydrogens (tertiary/aromatic N) is 4. The standard InChI is InChI=1S/C14H21N5/c1-7(2)11-8(3)16-14(17-13(11)15)12-9(4)18-19(6)10(12)5/h7H,1-6H3,(H2,15,16,17). The molecule has 2 rings (SSSR count). The Morgan fingerprint density at radius 1 is 1.05 bits per heavy atom. The van der Waals surface area contributed by atoms with Crippen molar-refractivity contribution in [3.05, 3.63) is 22.6 Å². The molecule has 19 heavy (non-hydrogen) atoms. The Labute approximate surface area is 113 Å². The molecule has 0 radical (unpaired) electrons. The van der Waals surface area contributed by atoms with Crippen LogP contribution in [0.4, 0.5) is 5.82 Å². The minimum Gasteiger partial charge on any atom is -0.383 e. The van der Waals surface area contributed by atoms with Gasteiger partial charge >= 0.3 is 0 Å². The Balaban J connectivity index is 2.65. The van der Waals surface area contributed by atoms with E-state index in [1.165, 1.54) is 0 Å². The molecule has 0 aliphatic rings. The number of nitrogen functional groups attached to an aromatic ring is 1. The van der Waals surface area contributed by atoms with E-state index < -0.39 is 0 Å². The van der Waals surface area contributed by atoms with Crippen molar-refractivity contribution in [1.29, 1.82) is 0 Å². The largest absolute Gasteiger partial charge is 0.383 e. The van der Waals surface area contributed by atoms with Crippen LogP contribution in [-0.4, -0.2) is 19.7 Å². The fraction of sp³-hybridized carbons (Fsp3) is 0.500. The van der Waals surface area contributed by atoms with Crippen LogP contribution in [0, 0.1) is 20.8 Å². The molecule has 0 bridgehead atoms. The fourth-order valence-corrected chi connectivity index (χ4v) is 2.53. The van der Waals surface area contributed by atoms with E-state index >= 15 is 0 Å². The topological polar surface area (TPSA) is 69.6 Å². The molecular weight excluding hydrogens is 238 g/mol. The first-order valence-corrected chi connectivity index (χ1v) is 6.47. The van der Waals surface area contributed by atoms with Gasteiger partial charge in [0.1, 0.15) is 5.82 Å². The first-order valence-electron chi connectivity index (χ1n) is 6.47. The van der Waals surface area contributed by atoms with Gasteiger partial charge in [0.25, 0.3) is 0 Å². The summed E-state index contributed by atoms with van der Waals surface area (Å²) >= 11 is 0. The van der Waals surface area contributed by atoms with Crippen LogP contribution < -0.4 is 5.73 Å². The normalized spacial score (nSPS) is 11.3. The molecule has 2 heterocycles. The molecule has 2 N–H and O–H groups in total. The Morgan fingerprint density at radius 3 is 2.11 bits per heavy atom. The lowest BCUT2D eigenvalue weighted by Gasteiger charge is -2.13. The third kappa shape index (κ3) is 2.20. The van der Waals surface area contributed by atoms with Gasteiger partial charge in [0.05, 0.1) is 11.3 Å². The second-order valence-corrected chi connectivity index (χ2v) is 5.26. The minimum atomic E-state index is 0.324. The molecule has 0 saturated carbocycles. The molecule has 0 fully saturated rings. The number of anilines is 1. The number of hydrogen-bond donors (Lipinski definition) is 1. The second kappa shape index (κ2) is 4.64. The van der Waals surface area contributed by atoms with Gasteiger partial charge in [0.15, 0.2) is 5.82 Å². The molecule has 0 saturated heterocycles. The SMILES string of the molecule is Cc1nn(C)c(C)c1-c1nc(C)c(C(C)C)c(N)n1. The van der Waals surface area contributed by atoms with Crippen LogP contribution in [0.5, 0.6) is 0 Å². The van der Waals surface area contributed by atoms with Gasteiger partial charge in [-0.15, -0.1) is 0 Å². The van der Waals surface area contributed by atoms with Gasteiger partial charge in [-0.05, 0) is 26.7 Å². The highest BCUT2D eigenvalue weighted by atomic mass is 15.3. The van der Waals surface area contributed by atoms with Gasteiger partial charge in [-0.2, -0.15) is 5.10 Å². The third-order valence-electron chi connectivity index (χ3n) is 3.48. The average Bonchev–Trinajstić information content (AvgIpc) is 2.51. The van der Waals surface area contributed by atoms with Crippen LogP contribution in [0.2, 0.25) is 0 Å². The lowest BCUT2D eigenvalue weighted by Crippen LogP contribution is -2.07. The van der Waals surface area contributed by atoms with Crippen molar-refractivity contribution in [3.63, 3.8) is 0 Å².